The maximum absolute atomic E-state index is 13.2. The van der Waals surface area contributed by atoms with Crippen LogP contribution in [0.1, 0.15) is 60.2 Å². The second-order valence-corrected chi connectivity index (χ2v) is 8.69. The van der Waals surface area contributed by atoms with E-state index in [0.717, 1.165) is 65.9 Å². The highest BCUT2D eigenvalue weighted by molar-refractivity contribution is 6.31. The number of nitrogens with zero attached hydrogens (tertiary/aromatic N) is 2. The molecule has 1 aromatic carbocycles. The molecule has 4 amide bonds. The minimum absolute atomic E-state index is 0.0203. The fourth-order valence-electron chi connectivity index (χ4n) is 4.93. The van der Waals surface area contributed by atoms with Gasteiger partial charge in [-0.15, -0.1) is 0 Å². The van der Waals surface area contributed by atoms with Crippen molar-refractivity contribution in [2.45, 2.75) is 65.8 Å². The molecular weight excluding hydrogens is 390 g/mol. The van der Waals surface area contributed by atoms with Gasteiger partial charge in [-0.25, -0.2) is 4.79 Å². The summed E-state index contributed by atoms with van der Waals surface area (Å²) in [5.74, 6) is -1.11. The molecule has 1 N–H and O–H groups in total. The van der Waals surface area contributed by atoms with E-state index in [4.69, 9.17) is 0 Å². The molecule has 1 aliphatic heterocycles. The van der Waals surface area contributed by atoms with Gasteiger partial charge in [0.2, 0.25) is 0 Å². The normalized spacial score (nSPS) is 19.3. The van der Waals surface area contributed by atoms with Gasteiger partial charge in [0.1, 0.15) is 5.57 Å². The third-order valence-electron chi connectivity index (χ3n) is 6.51. The maximum Gasteiger partial charge on any atom is 0.331 e. The van der Waals surface area contributed by atoms with Gasteiger partial charge in [0, 0.05) is 17.4 Å². The lowest BCUT2D eigenvalue weighted by Crippen LogP contribution is -2.58. The van der Waals surface area contributed by atoms with Crippen LogP contribution >= 0.6 is 0 Å². The van der Waals surface area contributed by atoms with Crippen molar-refractivity contribution < 1.29 is 14.4 Å². The molecule has 162 valence electrons. The lowest BCUT2D eigenvalue weighted by molar-refractivity contribution is -0.132. The van der Waals surface area contributed by atoms with E-state index in [2.05, 4.69) is 35.9 Å². The predicted molar refractivity (Wildman–Crippen MR) is 120 cm³/mol. The minimum Gasteiger partial charge on any atom is -0.317 e. The summed E-state index contributed by atoms with van der Waals surface area (Å²) in [6, 6.07) is 7.43. The van der Waals surface area contributed by atoms with Crippen LogP contribution in [0.5, 0.6) is 0 Å². The summed E-state index contributed by atoms with van der Waals surface area (Å²) in [6.07, 6.45) is 6.32. The molecule has 1 saturated heterocycles. The zero-order chi connectivity index (χ0) is 22.3. The van der Waals surface area contributed by atoms with E-state index in [1.807, 2.05) is 26.0 Å². The van der Waals surface area contributed by atoms with Crippen LogP contribution in [0.25, 0.3) is 11.8 Å². The molecule has 4 rings (SSSR count). The smallest absolute Gasteiger partial charge is 0.317 e. The molecule has 0 spiro atoms. The number of carbonyl (C=O) groups is 3. The molecule has 0 unspecified atom stereocenters. The van der Waals surface area contributed by atoms with E-state index in [-0.39, 0.29) is 11.6 Å². The number of aryl methyl sites for hydroxylation is 3. The average molecular weight is 420 g/mol. The second-order valence-electron chi connectivity index (χ2n) is 8.69. The summed E-state index contributed by atoms with van der Waals surface area (Å²) in [7, 11) is 0. The van der Waals surface area contributed by atoms with E-state index in [0.29, 0.717) is 0 Å². The highest BCUT2D eigenvalue weighted by Crippen LogP contribution is 2.29. The van der Waals surface area contributed by atoms with Crippen molar-refractivity contribution in [1.29, 1.82) is 0 Å². The number of hydrogen-bond acceptors (Lipinski definition) is 3. The molecule has 0 radical (unpaired) electrons. The molecular formula is C25H29N3O3. The Morgan fingerprint density at radius 2 is 1.61 bits per heavy atom. The number of hydrogen-bond donors (Lipinski definition) is 1. The van der Waals surface area contributed by atoms with Crippen LogP contribution in [-0.2, 0) is 9.59 Å². The maximum atomic E-state index is 13.2. The third kappa shape index (κ3) is 3.71. The highest BCUT2D eigenvalue weighted by Gasteiger charge is 2.40. The summed E-state index contributed by atoms with van der Waals surface area (Å²) in [4.78, 5) is 39.5. The number of rotatable bonds is 3. The fraction of sp³-hybridized carbons (Fsp3) is 0.400. The number of imide groups is 2. The van der Waals surface area contributed by atoms with Gasteiger partial charge in [0.05, 0.1) is 5.69 Å². The van der Waals surface area contributed by atoms with Crippen LogP contribution in [0.15, 0.2) is 29.8 Å². The van der Waals surface area contributed by atoms with Crippen LogP contribution in [0.2, 0.25) is 0 Å². The average Bonchev–Trinajstić information content (AvgIpc) is 2.99. The Morgan fingerprint density at radius 3 is 2.26 bits per heavy atom. The Morgan fingerprint density at radius 1 is 0.968 bits per heavy atom. The highest BCUT2D eigenvalue weighted by atomic mass is 16.2. The third-order valence-corrected chi connectivity index (χ3v) is 6.51. The SMILES string of the molecule is Cc1cccc(C)c1-n1c(C)cc(C=C2C(=O)NC(=O)N(C3CCCCC3)C2=O)c1C. The van der Waals surface area contributed by atoms with Crippen molar-refractivity contribution in [2.75, 3.05) is 0 Å². The molecule has 1 aliphatic carbocycles. The van der Waals surface area contributed by atoms with Gasteiger partial charge in [0.25, 0.3) is 11.8 Å². The Balaban J connectivity index is 1.75. The Labute approximate surface area is 182 Å². The Hall–Kier alpha value is -3.15. The topological polar surface area (TPSA) is 71.4 Å². The van der Waals surface area contributed by atoms with Crippen molar-refractivity contribution in [3.05, 3.63) is 57.9 Å². The van der Waals surface area contributed by atoms with Crippen molar-refractivity contribution >= 4 is 23.9 Å². The first-order valence-corrected chi connectivity index (χ1v) is 11.0. The number of barbiturate groups is 1. The van der Waals surface area contributed by atoms with Gasteiger partial charge in [-0.2, -0.15) is 0 Å². The summed E-state index contributed by atoms with van der Waals surface area (Å²) in [6.45, 7) is 8.15. The molecule has 6 heteroatoms. The van der Waals surface area contributed by atoms with Crippen LogP contribution in [-0.4, -0.2) is 33.4 Å². The van der Waals surface area contributed by atoms with E-state index >= 15 is 0 Å². The summed E-state index contributed by atoms with van der Waals surface area (Å²) in [5.41, 5.74) is 6.21. The minimum atomic E-state index is -0.626. The van der Waals surface area contributed by atoms with Gasteiger partial charge < -0.3 is 4.57 Å². The summed E-state index contributed by atoms with van der Waals surface area (Å²) < 4.78 is 2.16. The first kappa shape index (κ1) is 21.1. The molecule has 1 aromatic heterocycles. The molecule has 6 nitrogen and oxygen atoms in total. The zero-order valence-corrected chi connectivity index (χ0v) is 18.6. The van der Waals surface area contributed by atoms with Gasteiger partial charge in [-0.3, -0.25) is 19.8 Å². The van der Waals surface area contributed by atoms with E-state index < -0.39 is 17.8 Å². The molecule has 2 aliphatic rings. The lowest BCUT2D eigenvalue weighted by atomic mass is 9.93. The van der Waals surface area contributed by atoms with Crippen molar-refractivity contribution in [3.8, 4) is 5.69 Å². The molecule has 2 heterocycles. The predicted octanol–water partition coefficient (Wildman–Crippen LogP) is 4.51. The van der Waals surface area contributed by atoms with Crippen molar-refractivity contribution in [1.82, 2.24) is 14.8 Å². The molecule has 2 fully saturated rings. The molecule has 0 bridgehead atoms. The van der Waals surface area contributed by atoms with E-state index in [9.17, 15) is 14.4 Å². The number of amides is 4. The van der Waals surface area contributed by atoms with Crippen molar-refractivity contribution in [3.63, 3.8) is 0 Å². The van der Waals surface area contributed by atoms with Gasteiger partial charge in [-0.1, -0.05) is 37.5 Å². The van der Waals surface area contributed by atoms with Crippen LogP contribution in [0.3, 0.4) is 0 Å². The van der Waals surface area contributed by atoms with Crippen LogP contribution < -0.4 is 5.32 Å². The standard InChI is InChI=1S/C25H29N3O3/c1-15-9-8-10-16(2)22(15)27-17(3)13-19(18(27)4)14-21-23(29)26-25(31)28(24(21)30)20-11-6-5-7-12-20/h8-10,13-14,20H,5-7,11-12H2,1-4H3,(H,26,29,31). The first-order chi connectivity index (χ1) is 14.8. The Bertz CT molecular complexity index is 1080. The zero-order valence-electron chi connectivity index (χ0n) is 18.6. The fourth-order valence-corrected chi connectivity index (χ4v) is 4.93. The molecule has 0 atom stereocenters. The second kappa shape index (κ2) is 8.17. The number of nitrogens with one attached hydrogen (secondary N) is 1. The van der Waals surface area contributed by atoms with Crippen molar-refractivity contribution in [2.24, 2.45) is 0 Å². The monoisotopic (exact) mass is 419 g/mol. The largest absolute Gasteiger partial charge is 0.331 e. The summed E-state index contributed by atoms with van der Waals surface area (Å²) >= 11 is 0. The first-order valence-electron chi connectivity index (χ1n) is 11.0. The number of para-hydroxylation sites is 1. The van der Waals surface area contributed by atoms with Gasteiger partial charge >= 0.3 is 6.03 Å². The number of urea groups is 1. The molecule has 2 aromatic rings. The number of aromatic nitrogens is 1. The van der Waals surface area contributed by atoms with E-state index in [1.165, 1.54) is 4.90 Å². The molecule has 1 saturated carbocycles. The number of benzene rings is 1. The van der Waals surface area contributed by atoms with Gasteiger partial charge in [-0.05, 0) is 69.4 Å². The lowest BCUT2D eigenvalue weighted by Gasteiger charge is -2.35. The summed E-state index contributed by atoms with van der Waals surface area (Å²) in [5, 5.41) is 2.37. The Kier molecular flexibility index (Phi) is 5.56. The molecule has 31 heavy (non-hydrogen) atoms. The van der Waals surface area contributed by atoms with Crippen LogP contribution in [0, 0.1) is 27.7 Å². The van der Waals surface area contributed by atoms with Gasteiger partial charge in [0.15, 0.2) is 0 Å². The number of carbonyl (C=O) groups excluding carboxylic acids is 3. The quantitative estimate of drug-likeness (QED) is 0.588. The van der Waals surface area contributed by atoms with E-state index in [1.54, 1.807) is 6.08 Å². The van der Waals surface area contributed by atoms with Crippen LogP contribution in [0.4, 0.5) is 4.79 Å².